The van der Waals surface area contributed by atoms with Gasteiger partial charge < -0.3 is 10.6 Å². The number of rotatable bonds is 7. The van der Waals surface area contributed by atoms with Crippen molar-refractivity contribution >= 4 is 23.2 Å². The fourth-order valence-electron chi connectivity index (χ4n) is 2.59. The first-order chi connectivity index (χ1) is 13.4. The van der Waals surface area contributed by atoms with Gasteiger partial charge in [-0.3, -0.25) is 19.0 Å². The molecule has 146 valence electrons. The Balaban J connectivity index is 1.50. The Kier molecular flexibility index (Phi) is 5.83. The van der Waals surface area contributed by atoms with Crippen LogP contribution < -0.4 is 10.6 Å². The molecular weight excluding hydrogens is 363 g/mol. The Hall–Kier alpha value is -3.49. The van der Waals surface area contributed by atoms with Gasteiger partial charge in [-0.15, -0.1) is 0 Å². The van der Waals surface area contributed by atoms with Crippen LogP contribution in [0.4, 0.5) is 15.8 Å². The van der Waals surface area contributed by atoms with Crippen LogP contribution in [0.25, 0.3) is 0 Å². The predicted molar refractivity (Wildman–Crippen MR) is 102 cm³/mol. The fourth-order valence-corrected chi connectivity index (χ4v) is 2.59. The first-order valence-corrected chi connectivity index (χ1v) is 8.78. The van der Waals surface area contributed by atoms with Gasteiger partial charge in [-0.1, -0.05) is 6.92 Å². The largest absolute Gasteiger partial charge is 0.324 e. The van der Waals surface area contributed by atoms with Crippen LogP contribution in [0.2, 0.25) is 0 Å². The average Bonchev–Trinajstić information content (AvgIpc) is 3.25. The fraction of sp³-hybridized carbons (Fsp3) is 0.263. The number of benzene rings is 1. The Bertz CT molecular complexity index is 963. The lowest BCUT2D eigenvalue weighted by Crippen LogP contribution is -2.24. The maximum absolute atomic E-state index is 12.9. The summed E-state index contributed by atoms with van der Waals surface area (Å²) in [6, 6.07) is 7.37. The molecule has 0 saturated heterocycles. The molecule has 0 unspecified atom stereocenters. The molecule has 0 radical (unpaired) electrons. The second kappa shape index (κ2) is 8.47. The molecule has 2 N–H and O–H groups in total. The lowest BCUT2D eigenvalue weighted by atomic mass is 10.1. The highest BCUT2D eigenvalue weighted by molar-refractivity contribution is 5.92. The molecule has 0 fully saturated rings. The number of hydrogen-bond donors (Lipinski definition) is 2. The van der Waals surface area contributed by atoms with Crippen molar-refractivity contribution in [2.75, 3.05) is 10.6 Å². The number of anilines is 2. The van der Waals surface area contributed by atoms with E-state index in [1.165, 1.54) is 35.1 Å². The molecule has 28 heavy (non-hydrogen) atoms. The van der Waals surface area contributed by atoms with Crippen LogP contribution in [-0.4, -0.2) is 31.4 Å². The molecule has 0 aliphatic rings. The van der Waals surface area contributed by atoms with Gasteiger partial charge in [0.25, 0.3) is 0 Å². The summed E-state index contributed by atoms with van der Waals surface area (Å²) in [4.78, 5) is 24.4. The average molecular weight is 384 g/mol. The van der Waals surface area contributed by atoms with Crippen molar-refractivity contribution in [2.45, 2.75) is 26.9 Å². The number of carbonyl (C=O) groups excluding carboxylic acids is 2. The van der Waals surface area contributed by atoms with Gasteiger partial charge in [0, 0.05) is 18.1 Å². The van der Waals surface area contributed by atoms with Crippen LogP contribution in [0.1, 0.15) is 12.6 Å². The van der Waals surface area contributed by atoms with E-state index in [4.69, 9.17) is 0 Å². The minimum absolute atomic E-state index is 0.0324. The summed E-state index contributed by atoms with van der Waals surface area (Å²) in [5.41, 5.74) is 1.89. The molecule has 3 rings (SSSR count). The molecule has 2 heterocycles. The number of nitrogens with zero attached hydrogens (tertiary/aromatic N) is 4. The molecule has 0 bridgehead atoms. The van der Waals surface area contributed by atoms with Crippen LogP contribution in [0.3, 0.4) is 0 Å². The Morgan fingerprint density at radius 1 is 1.11 bits per heavy atom. The van der Waals surface area contributed by atoms with E-state index in [1.807, 2.05) is 26.1 Å². The molecule has 2 aromatic heterocycles. The normalized spacial score (nSPS) is 11.8. The highest BCUT2D eigenvalue weighted by Gasteiger charge is 2.15. The Morgan fingerprint density at radius 3 is 2.54 bits per heavy atom. The van der Waals surface area contributed by atoms with Crippen LogP contribution >= 0.6 is 0 Å². The molecule has 9 heteroatoms. The zero-order chi connectivity index (χ0) is 20.1. The highest BCUT2D eigenvalue weighted by Crippen LogP contribution is 2.11. The van der Waals surface area contributed by atoms with Crippen molar-refractivity contribution in [3.8, 4) is 0 Å². The number of carbonyl (C=O) groups is 2. The minimum atomic E-state index is -0.373. The van der Waals surface area contributed by atoms with Gasteiger partial charge in [0.05, 0.1) is 30.0 Å². The molecule has 3 aromatic rings. The monoisotopic (exact) mass is 384 g/mol. The zero-order valence-corrected chi connectivity index (χ0v) is 15.6. The van der Waals surface area contributed by atoms with E-state index in [0.29, 0.717) is 17.9 Å². The lowest BCUT2D eigenvalue weighted by Gasteiger charge is -2.11. The van der Waals surface area contributed by atoms with Crippen molar-refractivity contribution in [2.24, 2.45) is 5.92 Å². The molecule has 8 nitrogen and oxygen atoms in total. The predicted octanol–water partition coefficient (Wildman–Crippen LogP) is 2.44. The Morgan fingerprint density at radius 2 is 1.86 bits per heavy atom. The van der Waals surface area contributed by atoms with E-state index in [-0.39, 0.29) is 30.1 Å². The molecule has 1 aromatic carbocycles. The number of nitrogens with one attached hydrogen (secondary N) is 2. The van der Waals surface area contributed by atoms with E-state index in [2.05, 4.69) is 20.8 Å². The molecular formula is C19H21FN6O2. The highest BCUT2D eigenvalue weighted by atomic mass is 19.1. The molecule has 2 amide bonds. The van der Waals surface area contributed by atoms with Crippen molar-refractivity contribution in [3.05, 3.63) is 60.4 Å². The van der Waals surface area contributed by atoms with E-state index in [9.17, 15) is 14.0 Å². The van der Waals surface area contributed by atoms with Gasteiger partial charge in [-0.2, -0.15) is 10.2 Å². The van der Waals surface area contributed by atoms with Gasteiger partial charge in [0.1, 0.15) is 12.4 Å². The van der Waals surface area contributed by atoms with Crippen LogP contribution in [0, 0.1) is 18.7 Å². The van der Waals surface area contributed by atoms with Crippen LogP contribution in [-0.2, 0) is 22.7 Å². The summed E-state index contributed by atoms with van der Waals surface area (Å²) in [5, 5.41) is 13.8. The van der Waals surface area contributed by atoms with Crippen molar-refractivity contribution in [1.82, 2.24) is 19.6 Å². The molecule has 0 aliphatic carbocycles. The van der Waals surface area contributed by atoms with Crippen molar-refractivity contribution < 1.29 is 14.0 Å². The zero-order valence-electron chi connectivity index (χ0n) is 15.6. The van der Waals surface area contributed by atoms with Crippen molar-refractivity contribution in [3.63, 3.8) is 0 Å². The first kappa shape index (κ1) is 19.3. The molecule has 0 aliphatic heterocycles. The Labute approximate surface area is 161 Å². The number of amides is 2. The lowest BCUT2D eigenvalue weighted by molar-refractivity contribution is -0.120. The summed E-state index contributed by atoms with van der Waals surface area (Å²) in [6.07, 6.45) is 4.89. The molecule has 1 atom stereocenters. The van der Waals surface area contributed by atoms with Gasteiger partial charge in [0.2, 0.25) is 11.8 Å². The third-order valence-electron chi connectivity index (χ3n) is 4.02. The van der Waals surface area contributed by atoms with E-state index in [0.717, 1.165) is 5.69 Å². The summed E-state index contributed by atoms with van der Waals surface area (Å²) in [7, 11) is 0. The van der Waals surface area contributed by atoms with E-state index in [1.54, 1.807) is 10.9 Å². The van der Waals surface area contributed by atoms with Gasteiger partial charge in [0.15, 0.2) is 0 Å². The number of aryl methyl sites for hydroxylation is 1. The van der Waals surface area contributed by atoms with Gasteiger partial charge >= 0.3 is 0 Å². The summed E-state index contributed by atoms with van der Waals surface area (Å²) in [6.45, 7) is 4.14. The van der Waals surface area contributed by atoms with Crippen molar-refractivity contribution in [1.29, 1.82) is 0 Å². The van der Waals surface area contributed by atoms with Gasteiger partial charge in [-0.25, -0.2) is 4.39 Å². The first-order valence-electron chi connectivity index (χ1n) is 8.78. The summed E-state index contributed by atoms with van der Waals surface area (Å²) < 4.78 is 16.0. The molecule has 0 saturated carbocycles. The summed E-state index contributed by atoms with van der Waals surface area (Å²) in [5.74, 6) is -1.13. The number of halogens is 1. The van der Waals surface area contributed by atoms with Gasteiger partial charge in [-0.05, 0) is 37.3 Å². The second-order valence-corrected chi connectivity index (χ2v) is 6.55. The maximum atomic E-state index is 12.9. The maximum Gasteiger partial charge on any atom is 0.246 e. The SMILES string of the molecule is Cc1ccn(C[C@@H](C)C(=O)Nc2cnn(CC(=O)Nc3ccc(F)cc3)c2)n1. The molecule has 0 spiro atoms. The van der Waals surface area contributed by atoms with Crippen LogP contribution in [0.5, 0.6) is 0 Å². The topological polar surface area (TPSA) is 93.8 Å². The standard InChI is InChI=1S/C19H21FN6O2/c1-13(10-25-8-7-14(2)24-25)19(28)23-17-9-21-26(11-17)12-18(27)22-16-5-3-15(20)4-6-16/h3-9,11,13H,10,12H2,1-2H3,(H,22,27)(H,23,28)/t13-/m1/s1. The quantitative estimate of drug-likeness (QED) is 0.654. The van der Waals surface area contributed by atoms with Crippen LogP contribution in [0.15, 0.2) is 48.9 Å². The van der Waals surface area contributed by atoms with E-state index < -0.39 is 0 Å². The number of aromatic nitrogens is 4. The number of hydrogen-bond acceptors (Lipinski definition) is 4. The third kappa shape index (κ3) is 5.26. The third-order valence-corrected chi connectivity index (χ3v) is 4.02. The second-order valence-electron chi connectivity index (χ2n) is 6.55. The summed E-state index contributed by atoms with van der Waals surface area (Å²) >= 11 is 0. The van der Waals surface area contributed by atoms with E-state index >= 15 is 0 Å². The minimum Gasteiger partial charge on any atom is -0.324 e. The smallest absolute Gasteiger partial charge is 0.246 e.